The first-order valence-electron chi connectivity index (χ1n) is 5.45. The Morgan fingerprint density at radius 3 is 3.07 bits per heavy atom. The molecule has 0 aliphatic carbocycles. The third kappa shape index (κ3) is 5.05. The lowest BCUT2D eigenvalue weighted by molar-refractivity contribution is 0.586. The molecule has 1 fully saturated rings. The van der Waals surface area contributed by atoms with E-state index in [2.05, 4.69) is 17.6 Å². The molecule has 1 atom stereocenters. The van der Waals surface area contributed by atoms with Gasteiger partial charge >= 0.3 is 0 Å². The minimum Gasteiger partial charge on any atom is -0.363 e. The zero-order chi connectivity index (χ0) is 10.2. The maximum absolute atomic E-state index is 5.22. The maximum atomic E-state index is 5.22. The average Bonchev–Trinajstić information content (AvgIpc) is 2.20. The van der Waals surface area contributed by atoms with Gasteiger partial charge in [0.2, 0.25) is 0 Å². The van der Waals surface area contributed by atoms with Crippen LogP contribution < -0.4 is 10.6 Å². The predicted molar refractivity (Wildman–Crippen MR) is 69.0 cm³/mol. The third-order valence-electron chi connectivity index (χ3n) is 2.31. The topological polar surface area (TPSA) is 24.1 Å². The van der Waals surface area contributed by atoms with Gasteiger partial charge in [0, 0.05) is 18.3 Å². The zero-order valence-corrected chi connectivity index (χ0v) is 10.5. The summed E-state index contributed by atoms with van der Waals surface area (Å²) in [6.07, 6.45) is 5.00. The Balaban J connectivity index is 2.06. The van der Waals surface area contributed by atoms with Gasteiger partial charge in [-0.15, -0.1) is 0 Å². The van der Waals surface area contributed by atoms with Crippen LogP contribution in [0.5, 0.6) is 0 Å². The van der Waals surface area contributed by atoms with Gasteiger partial charge in [0.15, 0.2) is 5.11 Å². The van der Waals surface area contributed by atoms with Crippen LogP contribution in [-0.4, -0.2) is 29.2 Å². The van der Waals surface area contributed by atoms with Crippen LogP contribution in [-0.2, 0) is 0 Å². The first-order chi connectivity index (χ1) is 6.83. The van der Waals surface area contributed by atoms with E-state index in [-0.39, 0.29) is 0 Å². The summed E-state index contributed by atoms with van der Waals surface area (Å²) in [5.41, 5.74) is 0. The molecule has 0 aromatic carbocycles. The van der Waals surface area contributed by atoms with Crippen LogP contribution in [0.25, 0.3) is 0 Å². The molecule has 1 aliphatic rings. The molecule has 1 unspecified atom stereocenters. The van der Waals surface area contributed by atoms with Gasteiger partial charge in [-0.05, 0) is 37.2 Å². The summed E-state index contributed by atoms with van der Waals surface area (Å²) in [6.45, 7) is 3.19. The molecule has 0 spiro atoms. The number of hydrogen-bond donors (Lipinski definition) is 2. The highest BCUT2D eigenvalue weighted by molar-refractivity contribution is 7.99. The van der Waals surface area contributed by atoms with Crippen LogP contribution in [0.15, 0.2) is 0 Å². The van der Waals surface area contributed by atoms with Crippen LogP contribution in [0.1, 0.15) is 32.6 Å². The maximum Gasteiger partial charge on any atom is 0.166 e. The molecule has 2 nitrogen and oxygen atoms in total. The highest BCUT2D eigenvalue weighted by Crippen LogP contribution is 2.16. The largest absolute Gasteiger partial charge is 0.363 e. The molecule has 0 aromatic heterocycles. The molecule has 4 heteroatoms. The van der Waals surface area contributed by atoms with E-state index in [1.54, 1.807) is 0 Å². The number of thiocarbonyl (C=S) groups is 1. The average molecular weight is 232 g/mol. The fourth-order valence-corrected chi connectivity index (χ4v) is 2.81. The molecule has 14 heavy (non-hydrogen) atoms. The van der Waals surface area contributed by atoms with E-state index in [0.29, 0.717) is 6.04 Å². The first kappa shape index (κ1) is 12.1. The summed E-state index contributed by atoms with van der Waals surface area (Å²) in [5.74, 6) is 2.52. The van der Waals surface area contributed by atoms with Crippen LogP contribution >= 0.6 is 24.0 Å². The first-order valence-corrected chi connectivity index (χ1v) is 7.01. The Hall–Kier alpha value is 0.0400. The summed E-state index contributed by atoms with van der Waals surface area (Å²) in [4.78, 5) is 0. The summed E-state index contributed by atoms with van der Waals surface area (Å²) >= 11 is 7.24. The molecule has 1 saturated heterocycles. The molecule has 0 saturated carbocycles. The van der Waals surface area contributed by atoms with E-state index in [9.17, 15) is 0 Å². The monoisotopic (exact) mass is 232 g/mol. The molecule has 2 N–H and O–H groups in total. The third-order valence-corrected chi connectivity index (χ3v) is 3.79. The molecule has 1 heterocycles. The van der Waals surface area contributed by atoms with Crippen LogP contribution in [0.3, 0.4) is 0 Å². The highest BCUT2D eigenvalue weighted by Gasteiger charge is 2.13. The van der Waals surface area contributed by atoms with Crippen molar-refractivity contribution >= 4 is 29.1 Å². The highest BCUT2D eigenvalue weighted by atomic mass is 32.2. The summed E-state index contributed by atoms with van der Waals surface area (Å²) < 4.78 is 0. The van der Waals surface area contributed by atoms with E-state index in [1.165, 1.54) is 37.2 Å². The van der Waals surface area contributed by atoms with Crippen molar-refractivity contribution < 1.29 is 0 Å². The second-order valence-electron chi connectivity index (χ2n) is 3.67. The van der Waals surface area contributed by atoms with Crippen LogP contribution in [0, 0.1) is 0 Å². The molecular formula is C10H20N2S2. The van der Waals surface area contributed by atoms with E-state index in [0.717, 1.165) is 11.7 Å². The van der Waals surface area contributed by atoms with E-state index in [1.807, 2.05) is 11.8 Å². The summed E-state index contributed by atoms with van der Waals surface area (Å²) in [5, 5.41) is 7.46. The molecular weight excluding hydrogens is 212 g/mol. The minimum absolute atomic E-state index is 0.593. The van der Waals surface area contributed by atoms with Gasteiger partial charge in [-0.2, -0.15) is 11.8 Å². The normalized spacial score (nSPS) is 21.6. The lowest BCUT2D eigenvalue weighted by atomic mass is 10.2. The van der Waals surface area contributed by atoms with Crippen molar-refractivity contribution in [1.29, 1.82) is 0 Å². The molecule has 0 aromatic rings. The second kappa shape index (κ2) is 7.35. The van der Waals surface area contributed by atoms with Crippen molar-refractivity contribution in [3.05, 3.63) is 0 Å². The fraction of sp³-hybridized carbons (Fsp3) is 0.900. The van der Waals surface area contributed by atoms with Gasteiger partial charge in [0.25, 0.3) is 0 Å². The standard InChI is InChI=1S/C10H20N2S2/c1-2-3-6-11-10(13)12-9-5-4-7-14-8-9/h9H,2-8H2,1H3,(H2,11,12,13). The lowest BCUT2D eigenvalue weighted by Crippen LogP contribution is -2.44. The van der Waals surface area contributed by atoms with Gasteiger partial charge in [-0.3, -0.25) is 0 Å². The SMILES string of the molecule is CCCCNC(=S)NC1CCCSC1. The smallest absolute Gasteiger partial charge is 0.166 e. The lowest BCUT2D eigenvalue weighted by Gasteiger charge is -2.24. The van der Waals surface area contributed by atoms with Crippen molar-refractivity contribution in [2.24, 2.45) is 0 Å². The van der Waals surface area contributed by atoms with Crippen LogP contribution in [0.2, 0.25) is 0 Å². The summed E-state index contributed by atoms with van der Waals surface area (Å²) in [7, 11) is 0. The second-order valence-corrected chi connectivity index (χ2v) is 5.23. The Bertz CT molecular complexity index is 168. The molecule has 82 valence electrons. The quantitative estimate of drug-likeness (QED) is 0.573. The predicted octanol–water partition coefficient (Wildman–Crippen LogP) is 2.15. The number of rotatable bonds is 4. The van der Waals surface area contributed by atoms with Gasteiger partial charge in [-0.25, -0.2) is 0 Å². The van der Waals surface area contributed by atoms with Crippen molar-refractivity contribution in [2.45, 2.75) is 38.6 Å². The van der Waals surface area contributed by atoms with Crippen molar-refractivity contribution in [2.75, 3.05) is 18.1 Å². The molecule has 0 radical (unpaired) electrons. The number of thioether (sulfide) groups is 1. The fourth-order valence-electron chi connectivity index (χ4n) is 1.47. The number of hydrogen-bond acceptors (Lipinski definition) is 2. The Morgan fingerprint density at radius 2 is 2.43 bits per heavy atom. The van der Waals surface area contributed by atoms with Crippen LogP contribution in [0.4, 0.5) is 0 Å². The van der Waals surface area contributed by atoms with Gasteiger partial charge < -0.3 is 10.6 Å². The Labute approximate surface area is 96.6 Å². The molecule has 0 amide bonds. The van der Waals surface area contributed by atoms with Gasteiger partial charge in [0.05, 0.1) is 0 Å². The van der Waals surface area contributed by atoms with E-state index >= 15 is 0 Å². The van der Waals surface area contributed by atoms with Crippen molar-refractivity contribution in [1.82, 2.24) is 10.6 Å². The molecule has 1 aliphatic heterocycles. The van der Waals surface area contributed by atoms with E-state index in [4.69, 9.17) is 12.2 Å². The summed E-state index contributed by atoms with van der Waals surface area (Å²) in [6, 6.07) is 0.593. The van der Waals surface area contributed by atoms with Crippen molar-refractivity contribution in [3.8, 4) is 0 Å². The minimum atomic E-state index is 0.593. The van der Waals surface area contributed by atoms with Gasteiger partial charge in [-0.1, -0.05) is 13.3 Å². The Kier molecular flexibility index (Phi) is 6.36. The number of unbranched alkanes of at least 4 members (excludes halogenated alkanes) is 1. The van der Waals surface area contributed by atoms with E-state index < -0.39 is 0 Å². The van der Waals surface area contributed by atoms with Gasteiger partial charge in [0.1, 0.15) is 0 Å². The van der Waals surface area contributed by atoms with Crippen molar-refractivity contribution in [3.63, 3.8) is 0 Å². The zero-order valence-electron chi connectivity index (χ0n) is 8.84. The number of nitrogens with one attached hydrogen (secondary N) is 2. The Morgan fingerprint density at radius 1 is 1.57 bits per heavy atom. The molecule has 0 bridgehead atoms. The molecule has 1 rings (SSSR count).